The third-order valence-electron chi connectivity index (χ3n) is 1.80. The van der Waals surface area contributed by atoms with E-state index in [1.165, 1.54) is 0 Å². The number of rotatable bonds is 1. The van der Waals surface area contributed by atoms with Gasteiger partial charge in [0.25, 0.3) is 0 Å². The van der Waals surface area contributed by atoms with Gasteiger partial charge in [0.15, 0.2) is 6.04 Å². The second-order valence-corrected chi connectivity index (χ2v) is 4.30. The lowest BCUT2D eigenvalue weighted by Crippen LogP contribution is -2.44. The molecule has 0 radical (unpaired) electrons. The maximum absolute atomic E-state index is 11.5. The molecule has 0 bridgehead atoms. The maximum Gasteiger partial charge on any atom is 0.412 e. The van der Waals surface area contributed by atoms with E-state index in [0.29, 0.717) is 0 Å². The van der Waals surface area contributed by atoms with Gasteiger partial charge in [-0.2, -0.15) is 0 Å². The zero-order chi connectivity index (χ0) is 11.6. The van der Waals surface area contributed by atoms with Crippen molar-refractivity contribution in [2.45, 2.75) is 32.4 Å². The van der Waals surface area contributed by atoms with Gasteiger partial charge >= 0.3 is 12.1 Å². The first-order valence-corrected chi connectivity index (χ1v) is 4.61. The van der Waals surface area contributed by atoms with E-state index in [4.69, 9.17) is 14.6 Å². The van der Waals surface area contributed by atoms with Crippen LogP contribution in [0, 0.1) is 0 Å². The van der Waals surface area contributed by atoms with E-state index < -0.39 is 23.7 Å². The maximum atomic E-state index is 11.5. The first-order valence-electron chi connectivity index (χ1n) is 4.61. The molecule has 0 aliphatic carbocycles. The molecular formula is C9H15NO5. The number of carbonyl (C=O) groups is 2. The SMILES string of the molecule is CC(C)(C)OC(=O)N1COC[C@@H]1C(=O)O. The number of nitrogens with zero attached hydrogens (tertiary/aromatic N) is 1. The van der Waals surface area contributed by atoms with Crippen LogP contribution in [0.2, 0.25) is 0 Å². The highest BCUT2D eigenvalue weighted by molar-refractivity contribution is 5.80. The summed E-state index contributed by atoms with van der Waals surface area (Å²) in [5.74, 6) is -1.08. The van der Waals surface area contributed by atoms with Crippen molar-refractivity contribution in [3.05, 3.63) is 0 Å². The van der Waals surface area contributed by atoms with Gasteiger partial charge in [-0.3, -0.25) is 4.90 Å². The van der Waals surface area contributed by atoms with E-state index in [1.807, 2.05) is 0 Å². The van der Waals surface area contributed by atoms with Crippen LogP contribution in [0.4, 0.5) is 4.79 Å². The van der Waals surface area contributed by atoms with Gasteiger partial charge in [-0.25, -0.2) is 9.59 Å². The first-order chi connectivity index (χ1) is 6.81. The fourth-order valence-electron chi connectivity index (χ4n) is 1.15. The summed E-state index contributed by atoms with van der Waals surface area (Å²) < 4.78 is 9.96. The molecule has 15 heavy (non-hydrogen) atoms. The summed E-state index contributed by atoms with van der Waals surface area (Å²) in [5, 5.41) is 8.80. The molecular weight excluding hydrogens is 202 g/mol. The van der Waals surface area contributed by atoms with Crippen molar-refractivity contribution in [1.29, 1.82) is 0 Å². The topological polar surface area (TPSA) is 76.1 Å². The predicted octanol–water partition coefficient (Wildman–Crippen LogP) is 0.664. The van der Waals surface area contributed by atoms with Gasteiger partial charge in [-0.15, -0.1) is 0 Å². The van der Waals surface area contributed by atoms with Crippen LogP contribution in [0.15, 0.2) is 0 Å². The molecule has 0 aromatic heterocycles. The Labute approximate surface area is 87.8 Å². The van der Waals surface area contributed by atoms with Crippen molar-refractivity contribution in [3.8, 4) is 0 Å². The lowest BCUT2D eigenvalue weighted by molar-refractivity contribution is -0.141. The molecule has 0 saturated carbocycles. The van der Waals surface area contributed by atoms with Crippen LogP contribution in [0.3, 0.4) is 0 Å². The van der Waals surface area contributed by atoms with Crippen molar-refractivity contribution in [2.75, 3.05) is 13.3 Å². The fourth-order valence-corrected chi connectivity index (χ4v) is 1.15. The van der Waals surface area contributed by atoms with Crippen molar-refractivity contribution in [1.82, 2.24) is 4.90 Å². The van der Waals surface area contributed by atoms with Crippen molar-refractivity contribution in [2.24, 2.45) is 0 Å². The number of carboxylic acid groups (broad SMARTS) is 1. The molecule has 1 rings (SSSR count). The van der Waals surface area contributed by atoms with Crippen LogP contribution >= 0.6 is 0 Å². The molecule has 1 saturated heterocycles. The van der Waals surface area contributed by atoms with Gasteiger partial charge in [-0.1, -0.05) is 0 Å². The monoisotopic (exact) mass is 217 g/mol. The molecule has 0 unspecified atom stereocenters. The summed E-state index contributed by atoms with van der Waals surface area (Å²) in [6, 6.07) is -0.945. The Morgan fingerprint density at radius 1 is 1.47 bits per heavy atom. The van der Waals surface area contributed by atoms with Crippen molar-refractivity contribution >= 4 is 12.1 Å². The molecule has 0 aromatic rings. The van der Waals surface area contributed by atoms with E-state index in [9.17, 15) is 9.59 Å². The molecule has 1 amide bonds. The van der Waals surface area contributed by atoms with E-state index in [0.717, 1.165) is 4.90 Å². The number of aliphatic carboxylic acids is 1. The van der Waals surface area contributed by atoms with Crippen LogP contribution in [0.1, 0.15) is 20.8 Å². The van der Waals surface area contributed by atoms with Gasteiger partial charge in [0.05, 0.1) is 6.61 Å². The summed E-state index contributed by atoms with van der Waals surface area (Å²) in [6.07, 6.45) is -0.660. The molecule has 86 valence electrons. The summed E-state index contributed by atoms with van der Waals surface area (Å²) in [7, 11) is 0. The summed E-state index contributed by atoms with van der Waals surface area (Å²) in [6.45, 7) is 5.13. The standard InChI is InChI=1S/C9H15NO5/c1-9(2,3)15-8(13)10-5-14-4-6(10)7(11)12/h6H,4-5H2,1-3H3,(H,11,12)/t6-/m1/s1. The molecule has 6 nitrogen and oxygen atoms in total. The Balaban J connectivity index is 2.63. The van der Waals surface area contributed by atoms with Crippen LogP contribution in [-0.2, 0) is 14.3 Å². The zero-order valence-electron chi connectivity index (χ0n) is 9.02. The third-order valence-corrected chi connectivity index (χ3v) is 1.80. The Kier molecular flexibility index (Phi) is 3.18. The summed E-state index contributed by atoms with van der Waals surface area (Å²) in [4.78, 5) is 23.4. The number of amides is 1. The second kappa shape index (κ2) is 4.06. The van der Waals surface area contributed by atoms with Gasteiger partial charge in [-0.05, 0) is 20.8 Å². The Bertz CT molecular complexity index is 270. The van der Waals surface area contributed by atoms with E-state index >= 15 is 0 Å². The van der Waals surface area contributed by atoms with E-state index in [-0.39, 0.29) is 13.3 Å². The second-order valence-electron chi connectivity index (χ2n) is 4.30. The molecule has 0 aromatic carbocycles. The molecule has 1 aliphatic rings. The highest BCUT2D eigenvalue weighted by Gasteiger charge is 2.37. The molecule has 6 heteroatoms. The van der Waals surface area contributed by atoms with Crippen LogP contribution < -0.4 is 0 Å². The van der Waals surface area contributed by atoms with Crippen LogP contribution in [0.5, 0.6) is 0 Å². The highest BCUT2D eigenvalue weighted by atomic mass is 16.6. The van der Waals surface area contributed by atoms with Gasteiger partial charge in [0, 0.05) is 0 Å². The highest BCUT2D eigenvalue weighted by Crippen LogP contribution is 2.15. The summed E-state index contributed by atoms with van der Waals surface area (Å²) in [5.41, 5.74) is -0.636. The van der Waals surface area contributed by atoms with Crippen LogP contribution in [0.25, 0.3) is 0 Å². The molecule has 1 aliphatic heterocycles. The smallest absolute Gasteiger partial charge is 0.412 e. The van der Waals surface area contributed by atoms with Gasteiger partial charge in [0.2, 0.25) is 0 Å². The first kappa shape index (κ1) is 11.8. The molecule has 1 fully saturated rings. The van der Waals surface area contributed by atoms with Gasteiger partial charge < -0.3 is 14.6 Å². The summed E-state index contributed by atoms with van der Waals surface area (Å²) >= 11 is 0. The quantitative estimate of drug-likeness (QED) is 0.698. The molecule has 1 heterocycles. The van der Waals surface area contributed by atoms with Crippen molar-refractivity contribution < 1.29 is 24.2 Å². The average Bonchev–Trinajstić information content (AvgIpc) is 2.47. The largest absolute Gasteiger partial charge is 0.480 e. The van der Waals surface area contributed by atoms with Crippen LogP contribution in [-0.4, -0.2) is 47.0 Å². The number of carboxylic acids is 1. The zero-order valence-corrected chi connectivity index (χ0v) is 9.02. The average molecular weight is 217 g/mol. The number of carbonyl (C=O) groups excluding carboxylic acids is 1. The minimum absolute atomic E-state index is 0.00851. The lowest BCUT2D eigenvalue weighted by Gasteiger charge is -2.25. The number of hydrogen-bond acceptors (Lipinski definition) is 4. The molecule has 0 spiro atoms. The number of hydrogen-bond donors (Lipinski definition) is 1. The van der Waals surface area contributed by atoms with Gasteiger partial charge in [0.1, 0.15) is 12.3 Å². The molecule has 1 atom stereocenters. The van der Waals surface area contributed by atoms with E-state index in [2.05, 4.69) is 0 Å². The Morgan fingerprint density at radius 2 is 2.07 bits per heavy atom. The van der Waals surface area contributed by atoms with Crippen molar-refractivity contribution in [3.63, 3.8) is 0 Å². The third kappa shape index (κ3) is 3.09. The minimum atomic E-state index is -1.08. The Morgan fingerprint density at radius 3 is 2.53 bits per heavy atom. The number of ether oxygens (including phenoxy) is 2. The fraction of sp³-hybridized carbons (Fsp3) is 0.778. The molecule has 1 N–H and O–H groups in total. The van der Waals surface area contributed by atoms with E-state index in [1.54, 1.807) is 20.8 Å². The normalized spacial score (nSPS) is 21.5. The Hall–Kier alpha value is -1.30. The predicted molar refractivity (Wildman–Crippen MR) is 50.3 cm³/mol. The lowest BCUT2D eigenvalue weighted by atomic mass is 10.2. The minimum Gasteiger partial charge on any atom is -0.480 e.